The van der Waals surface area contributed by atoms with E-state index < -0.39 is 0 Å². The van der Waals surface area contributed by atoms with E-state index in [1.807, 2.05) is 13.1 Å². The highest BCUT2D eigenvalue weighted by Crippen LogP contribution is 2.29. The molecule has 3 nitrogen and oxygen atoms in total. The van der Waals surface area contributed by atoms with Gasteiger partial charge in [-0.1, -0.05) is 22.0 Å². The van der Waals surface area contributed by atoms with E-state index in [4.69, 9.17) is 4.42 Å². The van der Waals surface area contributed by atoms with Crippen molar-refractivity contribution in [1.82, 2.24) is 10.3 Å². The standard InChI is InChI=1S/C13H15BrN2O/c1-9-3-4-10(11(14)7-9)12-8-16-13(17-12)5-6-15-2/h3-4,7-8,15H,5-6H2,1-2H3. The molecular weight excluding hydrogens is 280 g/mol. The molecule has 0 saturated heterocycles. The fourth-order valence-electron chi connectivity index (χ4n) is 1.60. The molecule has 0 aliphatic carbocycles. The molecule has 1 aromatic carbocycles. The summed E-state index contributed by atoms with van der Waals surface area (Å²) in [6.07, 6.45) is 2.58. The van der Waals surface area contributed by atoms with E-state index in [1.165, 1.54) is 5.56 Å². The van der Waals surface area contributed by atoms with Crippen LogP contribution in [0.4, 0.5) is 0 Å². The van der Waals surface area contributed by atoms with Gasteiger partial charge in [0, 0.05) is 23.0 Å². The molecule has 4 heteroatoms. The Morgan fingerprint density at radius 2 is 2.24 bits per heavy atom. The van der Waals surface area contributed by atoms with Gasteiger partial charge in [0.05, 0.1) is 6.20 Å². The van der Waals surface area contributed by atoms with Gasteiger partial charge in [-0.05, 0) is 31.7 Å². The number of benzene rings is 1. The third-order valence-corrected chi connectivity index (χ3v) is 3.19. The molecule has 0 aliphatic heterocycles. The fourth-order valence-corrected chi connectivity index (χ4v) is 2.29. The summed E-state index contributed by atoms with van der Waals surface area (Å²) < 4.78 is 6.75. The fraction of sp³-hybridized carbons (Fsp3) is 0.308. The van der Waals surface area contributed by atoms with Crippen molar-refractivity contribution in [3.8, 4) is 11.3 Å². The van der Waals surface area contributed by atoms with Crippen LogP contribution in [0.2, 0.25) is 0 Å². The van der Waals surface area contributed by atoms with Gasteiger partial charge < -0.3 is 9.73 Å². The number of likely N-dealkylation sites (N-methyl/N-ethyl adjacent to an activating group) is 1. The molecule has 2 aromatic rings. The maximum Gasteiger partial charge on any atom is 0.196 e. The normalized spacial score (nSPS) is 10.8. The molecule has 1 heterocycles. The highest BCUT2D eigenvalue weighted by molar-refractivity contribution is 9.10. The number of aromatic nitrogens is 1. The number of oxazole rings is 1. The van der Waals surface area contributed by atoms with Crippen LogP contribution in [0.1, 0.15) is 11.5 Å². The Labute approximate surface area is 109 Å². The van der Waals surface area contributed by atoms with Gasteiger partial charge in [-0.25, -0.2) is 4.98 Å². The van der Waals surface area contributed by atoms with Crippen molar-refractivity contribution in [2.24, 2.45) is 0 Å². The van der Waals surface area contributed by atoms with Crippen LogP contribution >= 0.6 is 15.9 Å². The van der Waals surface area contributed by atoms with Crippen molar-refractivity contribution in [3.05, 3.63) is 40.3 Å². The van der Waals surface area contributed by atoms with E-state index in [9.17, 15) is 0 Å². The molecule has 0 spiro atoms. The zero-order chi connectivity index (χ0) is 12.3. The van der Waals surface area contributed by atoms with Gasteiger partial charge in [0.1, 0.15) is 0 Å². The summed E-state index contributed by atoms with van der Waals surface area (Å²) in [6, 6.07) is 6.18. The van der Waals surface area contributed by atoms with Crippen molar-refractivity contribution in [2.45, 2.75) is 13.3 Å². The van der Waals surface area contributed by atoms with Crippen LogP contribution in [0.15, 0.2) is 33.3 Å². The van der Waals surface area contributed by atoms with E-state index >= 15 is 0 Å². The Balaban J connectivity index is 2.24. The molecule has 0 amide bonds. The molecular formula is C13H15BrN2O. The number of hydrogen-bond acceptors (Lipinski definition) is 3. The van der Waals surface area contributed by atoms with Gasteiger partial charge in [-0.3, -0.25) is 0 Å². The predicted molar refractivity (Wildman–Crippen MR) is 72.0 cm³/mol. The first-order valence-corrected chi connectivity index (χ1v) is 6.36. The zero-order valence-corrected chi connectivity index (χ0v) is 11.5. The predicted octanol–water partition coefficient (Wildman–Crippen LogP) is 3.17. The molecule has 17 heavy (non-hydrogen) atoms. The topological polar surface area (TPSA) is 38.1 Å². The van der Waals surface area contributed by atoms with Gasteiger partial charge in [0.15, 0.2) is 11.7 Å². The van der Waals surface area contributed by atoms with Gasteiger partial charge >= 0.3 is 0 Å². The molecule has 1 N–H and O–H groups in total. The summed E-state index contributed by atoms with van der Waals surface area (Å²) in [5, 5.41) is 3.07. The quantitative estimate of drug-likeness (QED) is 0.941. The number of nitrogens with zero attached hydrogens (tertiary/aromatic N) is 1. The molecule has 0 unspecified atom stereocenters. The average Bonchev–Trinajstić information content (AvgIpc) is 2.75. The number of halogens is 1. The molecule has 1 aromatic heterocycles. The number of rotatable bonds is 4. The summed E-state index contributed by atoms with van der Waals surface area (Å²) in [7, 11) is 1.92. The van der Waals surface area contributed by atoms with E-state index in [0.29, 0.717) is 0 Å². The van der Waals surface area contributed by atoms with Gasteiger partial charge in [-0.2, -0.15) is 0 Å². The first kappa shape index (κ1) is 12.3. The Hall–Kier alpha value is -1.13. The van der Waals surface area contributed by atoms with E-state index in [-0.39, 0.29) is 0 Å². The lowest BCUT2D eigenvalue weighted by Crippen LogP contribution is -2.10. The Morgan fingerprint density at radius 3 is 2.94 bits per heavy atom. The highest BCUT2D eigenvalue weighted by atomic mass is 79.9. The van der Waals surface area contributed by atoms with Crippen LogP contribution in [0, 0.1) is 6.92 Å². The maximum absolute atomic E-state index is 5.71. The second-order valence-electron chi connectivity index (χ2n) is 3.96. The highest BCUT2D eigenvalue weighted by Gasteiger charge is 2.09. The van der Waals surface area contributed by atoms with Crippen LogP contribution in [-0.4, -0.2) is 18.6 Å². The molecule has 2 rings (SSSR count). The van der Waals surface area contributed by atoms with Crippen LogP contribution in [-0.2, 0) is 6.42 Å². The van der Waals surface area contributed by atoms with Crippen molar-refractivity contribution in [3.63, 3.8) is 0 Å². The molecule has 0 saturated carbocycles. The smallest absolute Gasteiger partial charge is 0.196 e. The van der Waals surface area contributed by atoms with Crippen LogP contribution in [0.5, 0.6) is 0 Å². The molecule has 0 atom stereocenters. The van der Waals surface area contributed by atoms with E-state index in [0.717, 1.165) is 34.7 Å². The first-order chi connectivity index (χ1) is 8.20. The molecule has 0 radical (unpaired) electrons. The number of nitrogens with one attached hydrogen (secondary N) is 1. The summed E-state index contributed by atoms with van der Waals surface area (Å²) in [5.74, 6) is 1.57. The zero-order valence-electron chi connectivity index (χ0n) is 9.96. The number of hydrogen-bond donors (Lipinski definition) is 1. The summed E-state index contributed by atoms with van der Waals surface area (Å²) in [5.41, 5.74) is 2.26. The Morgan fingerprint density at radius 1 is 1.41 bits per heavy atom. The summed E-state index contributed by atoms with van der Waals surface area (Å²) in [6.45, 7) is 2.93. The largest absolute Gasteiger partial charge is 0.441 e. The maximum atomic E-state index is 5.71. The molecule has 90 valence electrons. The minimum absolute atomic E-state index is 0.766. The van der Waals surface area contributed by atoms with Crippen molar-refractivity contribution in [1.29, 1.82) is 0 Å². The minimum atomic E-state index is 0.766. The van der Waals surface area contributed by atoms with Crippen LogP contribution < -0.4 is 5.32 Å². The molecule has 0 bridgehead atoms. The summed E-state index contributed by atoms with van der Waals surface area (Å²) in [4.78, 5) is 4.27. The lowest BCUT2D eigenvalue weighted by molar-refractivity contribution is 0.500. The summed E-state index contributed by atoms with van der Waals surface area (Å²) >= 11 is 3.55. The third-order valence-electron chi connectivity index (χ3n) is 2.53. The lowest BCUT2D eigenvalue weighted by Gasteiger charge is -2.01. The number of aryl methyl sites for hydroxylation is 1. The second kappa shape index (κ2) is 5.47. The van der Waals surface area contributed by atoms with Gasteiger partial charge in [-0.15, -0.1) is 0 Å². The van der Waals surface area contributed by atoms with E-state index in [2.05, 4.69) is 45.3 Å². The van der Waals surface area contributed by atoms with Gasteiger partial charge in [0.2, 0.25) is 0 Å². The monoisotopic (exact) mass is 294 g/mol. The third kappa shape index (κ3) is 2.96. The SMILES string of the molecule is CNCCc1ncc(-c2ccc(C)cc2Br)o1. The molecule has 0 fully saturated rings. The van der Waals surface area contributed by atoms with Crippen molar-refractivity contribution < 1.29 is 4.42 Å². The first-order valence-electron chi connectivity index (χ1n) is 5.56. The Kier molecular flexibility index (Phi) is 3.97. The van der Waals surface area contributed by atoms with Crippen LogP contribution in [0.25, 0.3) is 11.3 Å². The Bertz CT molecular complexity index is 508. The average molecular weight is 295 g/mol. The minimum Gasteiger partial charge on any atom is -0.441 e. The molecule has 0 aliphatic rings. The van der Waals surface area contributed by atoms with Crippen molar-refractivity contribution in [2.75, 3.05) is 13.6 Å². The van der Waals surface area contributed by atoms with Gasteiger partial charge in [0.25, 0.3) is 0 Å². The van der Waals surface area contributed by atoms with Crippen molar-refractivity contribution >= 4 is 15.9 Å². The van der Waals surface area contributed by atoms with E-state index in [1.54, 1.807) is 6.20 Å². The second-order valence-corrected chi connectivity index (χ2v) is 4.81. The lowest BCUT2D eigenvalue weighted by atomic mass is 10.1. The van der Waals surface area contributed by atoms with Crippen LogP contribution in [0.3, 0.4) is 0 Å².